The fraction of sp³-hybridized carbons (Fsp3) is 0.500. The number of hydrogen-bond donors (Lipinski definition) is 4. The number of aromatic nitrogens is 6. The smallest absolute Gasteiger partial charge is 0.759 e. The van der Waals surface area contributed by atoms with Crippen molar-refractivity contribution in [3.8, 4) is 17.2 Å². The van der Waals surface area contributed by atoms with Crippen LogP contribution in [0.5, 0.6) is 17.2 Å². The Kier molecular flexibility index (Phi) is 20.4. The normalized spacial score (nSPS) is 29.1. The number of carbonyl (C=O) groups excluding carboxylic acids is 2. The Bertz CT molecular complexity index is 3200. The molecule has 0 saturated carbocycles. The van der Waals surface area contributed by atoms with Gasteiger partial charge in [-0.2, -0.15) is 12.6 Å². The fourth-order valence-electron chi connectivity index (χ4n) is 15.2. The van der Waals surface area contributed by atoms with Gasteiger partial charge in [0.25, 0.3) is 0 Å². The quantitative estimate of drug-likeness (QED) is 0.0339. The van der Waals surface area contributed by atoms with Gasteiger partial charge in [-0.1, -0.05) is 59.6 Å². The molecule has 0 radical (unpaired) electrons. The number of hydrogen-bond acceptors (Lipinski definition) is 22. The molecule has 12 heterocycles. The zero-order valence-electron chi connectivity index (χ0n) is 50.1. The van der Waals surface area contributed by atoms with Crippen molar-refractivity contribution in [1.82, 2.24) is 29.9 Å². The van der Waals surface area contributed by atoms with Gasteiger partial charge in [0.1, 0.15) is 61.1 Å². The molecule has 3 unspecified atom stereocenters. The summed E-state index contributed by atoms with van der Waals surface area (Å²) in [6.07, 6.45) is 24.0. The molecular weight excluding hydrogens is 1250 g/mol. The molecule has 12 atom stereocenters. The van der Waals surface area contributed by atoms with E-state index in [1.165, 1.54) is 11.8 Å². The largest absolute Gasteiger partial charge is 1.00 e. The predicted octanol–water partition coefficient (Wildman–Crippen LogP) is 6.90. The Balaban J connectivity index is 0.000000129. The number of halogens is 1. The first-order valence-corrected chi connectivity index (χ1v) is 33.3. The van der Waals surface area contributed by atoms with Gasteiger partial charge in [-0.25, -0.2) is 24.9 Å². The Hall–Kier alpha value is -5.08. The summed E-state index contributed by atoms with van der Waals surface area (Å²) in [6, 6.07) is 26.7. The number of carbonyl (C=O) groups is 2. The van der Waals surface area contributed by atoms with Gasteiger partial charge < -0.3 is 68.2 Å². The summed E-state index contributed by atoms with van der Waals surface area (Å²) in [5, 5.41) is 1.36. The van der Waals surface area contributed by atoms with E-state index in [1.807, 2.05) is 80.1 Å². The molecule has 6 N–H and O–H groups in total. The first-order chi connectivity index (χ1) is 42.2. The molecule has 6 fully saturated rings. The average molecular weight is 1320 g/mol. The van der Waals surface area contributed by atoms with Crippen LogP contribution in [0.25, 0.3) is 0 Å². The third-order valence-electron chi connectivity index (χ3n) is 18.9. The minimum Gasteiger partial charge on any atom is -0.759 e. The summed E-state index contributed by atoms with van der Waals surface area (Å²) in [5.74, 6) is 6.52. The molecule has 24 heteroatoms. The average Bonchev–Trinajstić information content (AvgIpc) is 1.66. The van der Waals surface area contributed by atoms with Gasteiger partial charge in [-0.15, -0.1) is 11.8 Å². The first kappa shape index (κ1) is 64.4. The minimum absolute atomic E-state index is 0. The van der Waals surface area contributed by atoms with E-state index in [2.05, 4.69) is 91.1 Å². The number of thioether (sulfide) groups is 1. The fourth-order valence-corrected chi connectivity index (χ4v) is 16.5. The van der Waals surface area contributed by atoms with E-state index in [-0.39, 0.29) is 76.4 Å². The standard InChI is InChI=1S/C23H28N4O3S.C18H19BrN4O.C18H20N4OS.C5H10O2S.Na/c1-2-29-21(28)9-10-31-20-14-25-19(13-26-20)27-15-7-8-16(27)12-23(11-15)22(24)17-5-3-4-6-18(17)30-23;19-15-9-22-16(10-21-15)23-11-5-6-12(23)8-18(7-11)17(20)13-3-1-2-4-14(13)24-18;19-17-13-3-1-2-4-14(13)23-18(17)7-11-5-6-12(8-18)22(11)15-9-21-16(24)10-20-15;1-2-7-5(6)3-4-8;/h3-6,13-16,22H,2,7-12,24H2,1H3;1-4,9-12,17H,5-8,20H2;1-4,9-12,17H,5-8,19H2,(H,21,24);8H,2-4H2,1H3;/q;;;;+1/p-1/t15-,16+,22-,23?;2*11-,12+,17-,18?;;/m111../s1. The van der Waals surface area contributed by atoms with E-state index in [9.17, 15) is 9.59 Å². The summed E-state index contributed by atoms with van der Waals surface area (Å²) < 4.78 is 29.7. The predicted molar refractivity (Wildman–Crippen MR) is 342 cm³/mol. The van der Waals surface area contributed by atoms with Gasteiger partial charge >= 0.3 is 41.5 Å². The van der Waals surface area contributed by atoms with Crippen molar-refractivity contribution >= 4 is 82.3 Å². The van der Waals surface area contributed by atoms with E-state index < -0.39 is 0 Å². The van der Waals surface area contributed by atoms with Crippen molar-refractivity contribution in [2.45, 2.75) is 185 Å². The second-order valence-electron chi connectivity index (χ2n) is 24.0. The molecule has 460 valence electrons. The van der Waals surface area contributed by atoms with Crippen LogP contribution in [-0.4, -0.2) is 120 Å². The SMILES string of the molecule is CCOC(=O)CCS.CCOC(=O)CCSc1cnc(N2[C@@H]3CC[C@H]2CC2(C3)Oc3ccccc3[C@H]2N)cn1.N[C@@H]1c2ccccc2OC12C[C@H]1CC[C@@H](C2)N1c1cnc(Br)cn1.N[C@@H]1c2ccccc2OC12C[C@H]1CC[C@@H](C2)N1c1cnc([S-])cn1.[Na+]. The Morgan fingerprint density at radius 3 is 1.25 bits per heavy atom. The second kappa shape index (κ2) is 27.8. The summed E-state index contributed by atoms with van der Waals surface area (Å²) in [4.78, 5) is 56.0. The van der Waals surface area contributed by atoms with Crippen LogP contribution in [0.1, 0.15) is 139 Å². The number of nitrogens with zero attached hydrogens (tertiary/aromatic N) is 9. The van der Waals surface area contributed by atoms with Crippen molar-refractivity contribution in [1.29, 1.82) is 0 Å². The molecule has 6 saturated heterocycles. The van der Waals surface area contributed by atoms with Crippen molar-refractivity contribution in [3.05, 3.63) is 131 Å². The maximum atomic E-state index is 11.5. The number of esters is 2. The number of para-hydroxylation sites is 3. The van der Waals surface area contributed by atoms with Gasteiger partial charge in [-0.3, -0.25) is 14.6 Å². The van der Waals surface area contributed by atoms with Crippen LogP contribution in [0.15, 0.2) is 125 Å². The Morgan fingerprint density at radius 2 is 0.920 bits per heavy atom. The van der Waals surface area contributed by atoms with E-state index in [0.29, 0.717) is 78.8 Å². The molecule has 6 aromatic rings. The van der Waals surface area contributed by atoms with Crippen LogP contribution in [0, 0.1) is 0 Å². The molecule has 9 aliphatic rings. The minimum atomic E-state index is -0.317. The summed E-state index contributed by atoms with van der Waals surface area (Å²) >= 11 is 13.8. The third kappa shape index (κ3) is 13.1. The van der Waals surface area contributed by atoms with Crippen molar-refractivity contribution < 1.29 is 62.8 Å². The molecule has 0 amide bonds. The molecule has 6 bridgehead atoms. The monoisotopic (exact) mass is 1320 g/mol. The van der Waals surface area contributed by atoms with Crippen LogP contribution in [0.2, 0.25) is 0 Å². The van der Waals surface area contributed by atoms with Crippen molar-refractivity contribution in [2.24, 2.45) is 17.2 Å². The van der Waals surface area contributed by atoms with E-state index >= 15 is 0 Å². The zero-order chi connectivity index (χ0) is 60.5. The summed E-state index contributed by atoms with van der Waals surface area (Å²) in [7, 11) is 0. The molecule has 3 aromatic heterocycles. The molecule has 19 nitrogen and oxygen atoms in total. The van der Waals surface area contributed by atoms with Crippen LogP contribution in [0.4, 0.5) is 17.5 Å². The second-order valence-corrected chi connectivity index (χ2v) is 26.7. The van der Waals surface area contributed by atoms with E-state index in [4.69, 9.17) is 53.8 Å². The van der Waals surface area contributed by atoms with Gasteiger partial charge in [0, 0.05) is 109 Å². The molecule has 3 aromatic carbocycles. The molecule has 9 aliphatic heterocycles. The number of anilines is 3. The first-order valence-electron chi connectivity index (χ1n) is 30.5. The summed E-state index contributed by atoms with van der Waals surface area (Å²) in [5.41, 5.74) is 22.5. The number of piperidine rings is 3. The van der Waals surface area contributed by atoms with Gasteiger partial charge in [-0.05, 0) is 86.5 Å². The number of fused-ring (bicyclic) bond motifs is 9. The van der Waals surface area contributed by atoms with Crippen LogP contribution >= 0.6 is 40.3 Å². The molecule has 88 heavy (non-hydrogen) atoms. The van der Waals surface area contributed by atoms with Crippen LogP contribution in [0.3, 0.4) is 0 Å². The maximum Gasteiger partial charge on any atom is 1.00 e. The summed E-state index contributed by atoms with van der Waals surface area (Å²) in [6.45, 7) is 4.48. The molecule has 15 rings (SSSR count). The molecule has 0 aliphatic carbocycles. The third-order valence-corrected chi connectivity index (χ3v) is 20.6. The van der Waals surface area contributed by atoms with Crippen molar-refractivity contribution in [3.63, 3.8) is 0 Å². The number of ether oxygens (including phenoxy) is 5. The number of thiol groups is 1. The van der Waals surface area contributed by atoms with Gasteiger partial charge in [0.2, 0.25) is 0 Å². The van der Waals surface area contributed by atoms with Crippen LogP contribution in [-0.2, 0) is 31.7 Å². The number of benzene rings is 3. The zero-order valence-corrected chi connectivity index (χ0v) is 56.2. The van der Waals surface area contributed by atoms with Gasteiger partial charge in [0.05, 0.1) is 75.2 Å². The van der Waals surface area contributed by atoms with E-state index in [0.717, 1.165) is 138 Å². The van der Waals surface area contributed by atoms with Crippen LogP contribution < -0.4 is 75.7 Å². The number of rotatable bonds is 11. The topological polar surface area (TPSA) is 245 Å². The van der Waals surface area contributed by atoms with Crippen molar-refractivity contribution in [2.75, 3.05) is 39.4 Å². The Morgan fingerprint density at radius 1 is 0.557 bits per heavy atom. The molecule has 3 spiro atoms. The molecular formula is C64H76BrN12NaO7S3. The van der Waals surface area contributed by atoms with Gasteiger partial charge in [0.15, 0.2) is 0 Å². The number of nitrogens with two attached hydrogens (primary N) is 3. The van der Waals surface area contributed by atoms with E-state index in [1.54, 1.807) is 25.5 Å². The Labute approximate surface area is 560 Å². The maximum absolute atomic E-state index is 11.5.